The van der Waals surface area contributed by atoms with Crippen molar-refractivity contribution >= 4 is 23.4 Å². The summed E-state index contributed by atoms with van der Waals surface area (Å²) < 4.78 is 0. The quantitative estimate of drug-likeness (QED) is 0.711. The number of hydrogen-bond donors (Lipinski definition) is 1. The Morgan fingerprint density at radius 1 is 1.35 bits per heavy atom. The Morgan fingerprint density at radius 2 is 2.10 bits per heavy atom. The zero-order valence-corrected chi connectivity index (χ0v) is 13.3. The predicted octanol–water partition coefficient (Wildman–Crippen LogP) is 2.62. The SMILES string of the molecule is CCN(CCCN(C)C)Cc1ccc(/C=C/C(=O)O)s1. The van der Waals surface area contributed by atoms with Gasteiger partial charge >= 0.3 is 5.97 Å². The second-order valence-corrected chi connectivity index (χ2v) is 6.20. The lowest BCUT2D eigenvalue weighted by Gasteiger charge is -2.20. The van der Waals surface area contributed by atoms with Crippen LogP contribution in [-0.4, -0.2) is 54.6 Å². The summed E-state index contributed by atoms with van der Waals surface area (Å²) in [6, 6.07) is 4.06. The Labute approximate surface area is 125 Å². The van der Waals surface area contributed by atoms with Crippen LogP contribution in [0.3, 0.4) is 0 Å². The van der Waals surface area contributed by atoms with Crippen molar-refractivity contribution in [2.45, 2.75) is 19.9 Å². The molecule has 0 amide bonds. The zero-order chi connectivity index (χ0) is 15.0. The number of carboxylic acids is 1. The van der Waals surface area contributed by atoms with E-state index in [0.717, 1.165) is 37.5 Å². The first-order valence-corrected chi connectivity index (χ1v) is 7.69. The zero-order valence-electron chi connectivity index (χ0n) is 12.5. The lowest BCUT2D eigenvalue weighted by atomic mass is 10.3. The smallest absolute Gasteiger partial charge is 0.328 e. The van der Waals surface area contributed by atoms with E-state index < -0.39 is 5.97 Å². The first kappa shape index (κ1) is 16.9. The van der Waals surface area contributed by atoms with Gasteiger partial charge in [-0.05, 0) is 58.4 Å². The summed E-state index contributed by atoms with van der Waals surface area (Å²) in [7, 11) is 4.19. The summed E-state index contributed by atoms with van der Waals surface area (Å²) >= 11 is 1.66. The third kappa shape index (κ3) is 6.84. The summed E-state index contributed by atoms with van der Waals surface area (Å²) in [5, 5.41) is 8.61. The van der Waals surface area contributed by atoms with Crippen LogP contribution in [0.25, 0.3) is 6.08 Å². The number of rotatable bonds is 9. The van der Waals surface area contributed by atoms with Crippen molar-refractivity contribution in [1.82, 2.24) is 9.80 Å². The molecule has 0 fully saturated rings. The van der Waals surface area contributed by atoms with Crippen molar-refractivity contribution in [1.29, 1.82) is 0 Å². The third-order valence-electron chi connectivity index (χ3n) is 2.98. The van der Waals surface area contributed by atoms with Crippen LogP contribution in [0.4, 0.5) is 0 Å². The molecule has 0 spiro atoms. The molecule has 1 rings (SSSR count). The molecule has 5 heteroatoms. The fourth-order valence-electron chi connectivity index (χ4n) is 1.90. The molecule has 0 radical (unpaired) electrons. The Morgan fingerprint density at radius 3 is 2.70 bits per heavy atom. The minimum absolute atomic E-state index is 0.904. The first-order chi connectivity index (χ1) is 9.51. The molecule has 112 valence electrons. The molecule has 0 saturated heterocycles. The number of hydrogen-bond acceptors (Lipinski definition) is 4. The molecule has 0 unspecified atom stereocenters. The standard InChI is InChI=1S/C15H24N2O2S/c1-4-17(11-5-10-16(2)3)12-14-7-6-13(20-14)8-9-15(18)19/h6-9H,4-5,10-12H2,1-3H3,(H,18,19)/b9-8+. The van der Waals surface area contributed by atoms with Crippen LogP contribution >= 0.6 is 11.3 Å². The largest absolute Gasteiger partial charge is 0.478 e. The molecule has 0 saturated carbocycles. The van der Waals surface area contributed by atoms with Crippen molar-refractivity contribution in [2.24, 2.45) is 0 Å². The van der Waals surface area contributed by atoms with Gasteiger partial charge in [-0.2, -0.15) is 0 Å². The van der Waals surface area contributed by atoms with Gasteiger partial charge < -0.3 is 10.0 Å². The van der Waals surface area contributed by atoms with E-state index in [1.807, 2.05) is 6.07 Å². The summed E-state index contributed by atoms with van der Waals surface area (Å²) in [4.78, 5) is 17.4. The van der Waals surface area contributed by atoms with Gasteiger partial charge in [0.1, 0.15) is 0 Å². The Kier molecular flexibility index (Phi) is 7.51. The number of carbonyl (C=O) groups is 1. The topological polar surface area (TPSA) is 43.8 Å². The van der Waals surface area contributed by atoms with E-state index in [1.54, 1.807) is 17.4 Å². The van der Waals surface area contributed by atoms with Crippen molar-refractivity contribution < 1.29 is 9.90 Å². The van der Waals surface area contributed by atoms with Crippen LogP contribution in [0.2, 0.25) is 0 Å². The summed E-state index contributed by atoms with van der Waals surface area (Å²) in [5.74, 6) is -0.904. The Hall–Kier alpha value is -1.17. The molecular formula is C15H24N2O2S. The Bertz CT molecular complexity index is 441. The molecule has 0 aliphatic heterocycles. The lowest BCUT2D eigenvalue weighted by molar-refractivity contribution is -0.131. The second-order valence-electron chi connectivity index (χ2n) is 5.00. The molecule has 1 N–H and O–H groups in total. The van der Waals surface area contributed by atoms with Gasteiger partial charge in [0.15, 0.2) is 0 Å². The minimum Gasteiger partial charge on any atom is -0.478 e. The van der Waals surface area contributed by atoms with Gasteiger partial charge in [-0.25, -0.2) is 4.79 Å². The highest BCUT2D eigenvalue weighted by Gasteiger charge is 2.06. The average Bonchev–Trinajstić information content (AvgIpc) is 2.82. The number of nitrogens with zero attached hydrogens (tertiary/aromatic N) is 2. The van der Waals surface area contributed by atoms with E-state index in [4.69, 9.17) is 5.11 Å². The fourth-order valence-corrected chi connectivity index (χ4v) is 2.86. The van der Waals surface area contributed by atoms with Crippen molar-refractivity contribution in [3.8, 4) is 0 Å². The van der Waals surface area contributed by atoms with Gasteiger partial charge in [-0.1, -0.05) is 6.92 Å². The average molecular weight is 296 g/mol. The number of carboxylic acid groups (broad SMARTS) is 1. The maximum absolute atomic E-state index is 10.5. The van der Waals surface area contributed by atoms with Crippen molar-refractivity contribution in [2.75, 3.05) is 33.7 Å². The van der Waals surface area contributed by atoms with E-state index in [2.05, 4.69) is 36.9 Å². The van der Waals surface area contributed by atoms with E-state index in [9.17, 15) is 4.79 Å². The molecule has 1 aromatic heterocycles. The second kappa shape index (κ2) is 8.89. The molecule has 0 aliphatic carbocycles. The van der Waals surface area contributed by atoms with E-state index in [-0.39, 0.29) is 0 Å². The maximum Gasteiger partial charge on any atom is 0.328 e. The molecule has 1 heterocycles. The highest BCUT2D eigenvalue weighted by Crippen LogP contribution is 2.19. The minimum atomic E-state index is -0.904. The van der Waals surface area contributed by atoms with E-state index in [1.165, 1.54) is 11.0 Å². The normalized spacial score (nSPS) is 11.8. The van der Waals surface area contributed by atoms with Gasteiger partial charge in [-0.3, -0.25) is 4.90 Å². The molecule has 1 aromatic rings. The lowest BCUT2D eigenvalue weighted by Crippen LogP contribution is -2.26. The summed E-state index contributed by atoms with van der Waals surface area (Å²) in [5.41, 5.74) is 0. The molecule has 0 atom stereocenters. The number of thiophene rings is 1. The molecule has 0 aromatic carbocycles. The van der Waals surface area contributed by atoms with Gasteiger partial charge in [-0.15, -0.1) is 11.3 Å². The van der Waals surface area contributed by atoms with Gasteiger partial charge in [0.25, 0.3) is 0 Å². The van der Waals surface area contributed by atoms with Gasteiger partial charge in [0.2, 0.25) is 0 Å². The Balaban J connectivity index is 2.47. The van der Waals surface area contributed by atoms with Crippen LogP contribution < -0.4 is 0 Å². The highest BCUT2D eigenvalue weighted by atomic mass is 32.1. The summed E-state index contributed by atoms with van der Waals surface area (Å²) in [6.07, 6.45) is 4.00. The van der Waals surface area contributed by atoms with Gasteiger partial charge in [0, 0.05) is 22.4 Å². The molecule has 20 heavy (non-hydrogen) atoms. The highest BCUT2D eigenvalue weighted by molar-refractivity contribution is 7.12. The summed E-state index contributed by atoms with van der Waals surface area (Å²) in [6.45, 7) is 6.34. The first-order valence-electron chi connectivity index (χ1n) is 6.88. The van der Waals surface area contributed by atoms with Crippen molar-refractivity contribution in [3.05, 3.63) is 28.0 Å². The maximum atomic E-state index is 10.5. The predicted molar refractivity (Wildman–Crippen MR) is 85.1 cm³/mol. The third-order valence-corrected chi connectivity index (χ3v) is 4.01. The molecule has 0 aliphatic rings. The molecular weight excluding hydrogens is 272 g/mol. The molecule has 0 bridgehead atoms. The number of aliphatic carboxylic acids is 1. The van der Waals surface area contributed by atoms with Crippen molar-refractivity contribution in [3.63, 3.8) is 0 Å². The van der Waals surface area contributed by atoms with Crippen LogP contribution in [0.15, 0.2) is 18.2 Å². The monoisotopic (exact) mass is 296 g/mol. The van der Waals surface area contributed by atoms with Crippen LogP contribution in [0, 0.1) is 0 Å². The van der Waals surface area contributed by atoms with E-state index in [0.29, 0.717) is 0 Å². The van der Waals surface area contributed by atoms with Crippen LogP contribution in [-0.2, 0) is 11.3 Å². The van der Waals surface area contributed by atoms with Crippen LogP contribution in [0.1, 0.15) is 23.1 Å². The van der Waals surface area contributed by atoms with E-state index >= 15 is 0 Å². The van der Waals surface area contributed by atoms with Crippen LogP contribution in [0.5, 0.6) is 0 Å². The van der Waals surface area contributed by atoms with Gasteiger partial charge in [0.05, 0.1) is 0 Å². The fraction of sp³-hybridized carbons (Fsp3) is 0.533. The molecule has 4 nitrogen and oxygen atoms in total.